The third kappa shape index (κ3) is 3.10. The van der Waals surface area contributed by atoms with Crippen LogP contribution >= 0.6 is 0 Å². The number of hydrogen-bond donors (Lipinski definition) is 1. The monoisotopic (exact) mass is 345 g/mol. The van der Waals surface area contributed by atoms with Crippen molar-refractivity contribution in [1.82, 2.24) is 5.43 Å². The van der Waals surface area contributed by atoms with E-state index in [-0.39, 0.29) is 28.7 Å². The van der Waals surface area contributed by atoms with Gasteiger partial charge in [0, 0.05) is 17.5 Å². The van der Waals surface area contributed by atoms with Crippen LogP contribution in [0.5, 0.6) is 5.75 Å². The molecule has 0 heterocycles. The molecule has 0 saturated heterocycles. The summed E-state index contributed by atoms with van der Waals surface area (Å²) in [4.78, 5) is 23.1. The van der Waals surface area contributed by atoms with Crippen molar-refractivity contribution in [3.8, 4) is 5.75 Å². The van der Waals surface area contributed by atoms with Gasteiger partial charge in [-0.1, -0.05) is 19.8 Å². The Kier molecular flexibility index (Phi) is 4.49. The maximum absolute atomic E-state index is 12.4. The Morgan fingerprint density at radius 1 is 1.44 bits per heavy atom. The molecule has 7 heteroatoms. The van der Waals surface area contributed by atoms with Crippen LogP contribution < -0.4 is 10.2 Å². The fraction of sp³-hybridized carbons (Fsp3) is 0.556. The van der Waals surface area contributed by atoms with E-state index in [4.69, 9.17) is 4.74 Å². The number of carbonyl (C=O) groups is 1. The van der Waals surface area contributed by atoms with E-state index in [0.29, 0.717) is 17.2 Å². The van der Waals surface area contributed by atoms with Gasteiger partial charge in [0.15, 0.2) is 5.75 Å². The predicted molar refractivity (Wildman–Crippen MR) is 93.6 cm³/mol. The van der Waals surface area contributed by atoms with E-state index in [1.54, 1.807) is 13.0 Å². The van der Waals surface area contributed by atoms with Crippen LogP contribution in [0.25, 0.3) is 0 Å². The SMILES string of the molecule is COc1ccc(/C(C)=N\NC(=O)[C@@H]2[C@@H]3CCCC[C@]23C)cc1[N+](=O)[O-]. The zero-order valence-electron chi connectivity index (χ0n) is 14.7. The number of nitrogens with one attached hydrogen (secondary N) is 1. The van der Waals surface area contributed by atoms with Crippen LogP contribution in [-0.4, -0.2) is 23.7 Å². The number of benzene rings is 1. The number of nitro groups is 1. The second-order valence-electron chi connectivity index (χ2n) is 7.15. The molecule has 3 atom stereocenters. The number of rotatable bonds is 5. The maximum Gasteiger partial charge on any atom is 0.311 e. The standard InChI is InChI=1S/C18H23N3O4/c1-11(12-7-8-15(25-3)14(10-12)21(23)24)19-20-17(22)16-13-6-4-5-9-18(13,16)2/h7-8,10,13,16H,4-6,9H2,1-3H3,(H,20,22)/b19-11-/t13-,16-,18-/m0/s1. The van der Waals surface area contributed by atoms with E-state index in [0.717, 1.165) is 12.8 Å². The quantitative estimate of drug-likeness (QED) is 0.503. The summed E-state index contributed by atoms with van der Waals surface area (Å²) in [5.74, 6) is 0.660. The Bertz CT molecular complexity index is 746. The fourth-order valence-corrected chi connectivity index (χ4v) is 4.18. The number of hydrazone groups is 1. The van der Waals surface area contributed by atoms with Gasteiger partial charge in [-0.2, -0.15) is 5.10 Å². The molecule has 2 aliphatic carbocycles. The van der Waals surface area contributed by atoms with Gasteiger partial charge < -0.3 is 4.74 Å². The van der Waals surface area contributed by atoms with Crippen molar-refractivity contribution < 1.29 is 14.5 Å². The topological polar surface area (TPSA) is 93.8 Å². The second-order valence-corrected chi connectivity index (χ2v) is 7.15. The molecule has 1 aromatic carbocycles. The minimum absolute atomic E-state index is 0.0387. The molecule has 3 rings (SSSR count). The van der Waals surface area contributed by atoms with Gasteiger partial charge in [0.2, 0.25) is 5.91 Å². The molecule has 2 aliphatic rings. The van der Waals surface area contributed by atoms with Crippen LogP contribution in [0.15, 0.2) is 23.3 Å². The summed E-state index contributed by atoms with van der Waals surface area (Å²) in [5, 5.41) is 15.3. The Balaban J connectivity index is 1.71. The molecule has 1 N–H and O–H groups in total. The van der Waals surface area contributed by atoms with Crippen LogP contribution in [0.1, 0.15) is 45.1 Å². The number of methoxy groups -OCH3 is 1. The molecule has 1 aromatic rings. The zero-order valence-corrected chi connectivity index (χ0v) is 14.7. The first kappa shape index (κ1) is 17.4. The number of nitro benzene ring substituents is 1. The van der Waals surface area contributed by atoms with Crippen LogP contribution in [0, 0.1) is 27.4 Å². The first-order valence-corrected chi connectivity index (χ1v) is 8.55. The van der Waals surface area contributed by atoms with Crippen LogP contribution in [0.4, 0.5) is 5.69 Å². The maximum atomic E-state index is 12.4. The Hall–Kier alpha value is -2.44. The van der Waals surface area contributed by atoms with E-state index >= 15 is 0 Å². The minimum atomic E-state index is -0.496. The fourth-order valence-electron chi connectivity index (χ4n) is 4.18. The number of amides is 1. The van der Waals surface area contributed by atoms with Gasteiger partial charge in [-0.15, -0.1) is 0 Å². The van der Waals surface area contributed by atoms with Crippen LogP contribution in [0.2, 0.25) is 0 Å². The van der Waals surface area contributed by atoms with Crippen molar-refractivity contribution in [2.75, 3.05) is 7.11 Å². The number of fused-ring (bicyclic) bond motifs is 1. The summed E-state index contributed by atoms with van der Waals surface area (Å²) in [6, 6.07) is 4.63. The third-order valence-electron chi connectivity index (χ3n) is 5.74. The van der Waals surface area contributed by atoms with Crippen molar-refractivity contribution >= 4 is 17.3 Å². The van der Waals surface area contributed by atoms with E-state index in [1.807, 2.05) is 0 Å². The summed E-state index contributed by atoms with van der Waals surface area (Å²) in [6.07, 6.45) is 4.60. The number of nitrogens with zero attached hydrogens (tertiary/aromatic N) is 2. The van der Waals surface area contributed by atoms with Crippen molar-refractivity contribution in [3.05, 3.63) is 33.9 Å². The van der Waals surface area contributed by atoms with E-state index in [1.165, 1.54) is 32.1 Å². The first-order chi connectivity index (χ1) is 11.9. The molecule has 0 bridgehead atoms. The Morgan fingerprint density at radius 3 is 2.80 bits per heavy atom. The lowest BCUT2D eigenvalue weighted by Gasteiger charge is -2.15. The normalized spacial score (nSPS) is 28.0. The smallest absolute Gasteiger partial charge is 0.311 e. The summed E-state index contributed by atoms with van der Waals surface area (Å²) in [7, 11) is 1.39. The minimum Gasteiger partial charge on any atom is -0.490 e. The molecule has 0 aliphatic heterocycles. The van der Waals surface area contributed by atoms with Crippen LogP contribution in [-0.2, 0) is 4.79 Å². The lowest BCUT2D eigenvalue weighted by Crippen LogP contribution is -2.23. The highest BCUT2D eigenvalue weighted by molar-refractivity contribution is 6.00. The van der Waals surface area contributed by atoms with Gasteiger partial charge in [0.25, 0.3) is 0 Å². The highest BCUT2D eigenvalue weighted by Crippen LogP contribution is 2.66. The van der Waals surface area contributed by atoms with Gasteiger partial charge in [0.1, 0.15) is 0 Å². The molecule has 25 heavy (non-hydrogen) atoms. The summed E-state index contributed by atoms with van der Waals surface area (Å²) < 4.78 is 4.99. The molecule has 0 unspecified atom stereocenters. The number of ether oxygens (including phenoxy) is 1. The van der Waals surface area contributed by atoms with Gasteiger partial charge in [-0.3, -0.25) is 14.9 Å². The van der Waals surface area contributed by atoms with Crippen molar-refractivity contribution in [2.45, 2.75) is 39.5 Å². The summed E-state index contributed by atoms with van der Waals surface area (Å²) >= 11 is 0. The predicted octanol–water partition coefficient (Wildman–Crippen LogP) is 3.27. The second kappa shape index (κ2) is 6.46. The van der Waals surface area contributed by atoms with Gasteiger partial charge in [-0.05, 0) is 43.2 Å². The van der Waals surface area contributed by atoms with Crippen molar-refractivity contribution in [3.63, 3.8) is 0 Å². The molecule has 0 aromatic heterocycles. The lowest BCUT2D eigenvalue weighted by atomic mass is 9.90. The molecule has 0 radical (unpaired) electrons. The van der Waals surface area contributed by atoms with Gasteiger partial charge >= 0.3 is 5.69 Å². The average Bonchev–Trinajstić information content (AvgIpc) is 3.24. The van der Waals surface area contributed by atoms with Crippen LogP contribution in [0.3, 0.4) is 0 Å². The number of carbonyl (C=O) groups excluding carboxylic acids is 1. The van der Waals surface area contributed by atoms with E-state index < -0.39 is 4.92 Å². The first-order valence-electron chi connectivity index (χ1n) is 8.55. The molecule has 134 valence electrons. The highest BCUT2D eigenvalue weighted by atomic mass is 16.6. The van der Waals surface area contributed by atoms with Crippen molar-refractivity contribution in [2.24, 2.45) is 22.4 Å². The molecule has 2 saturated carbocycles. The zero-order chi connectivity index (χ0) is 18.2. The molecule has 0 spiro atoms. The van der Waals surface area contributed by atoms with E-state index in [9.17, 15) is 14.9 Å². The third-order valence-corrected chi connectivity index (χ3v) is 5.74. The molecule has 2 fully saturated rings. The molecule has 7 nitrogen and oxygen atoms in total. The Labute approximate surface area is 146 Å². The molecular formula is C18H23N3O4. The highest BCUT2D eigenvalue weighted by Gasteiger charge is 2.64. The summed E-state index contributed by atoms with van der Waals surface area (Å²) in [5.41, 5.74) is 3.75. The molecule has 1 amide bonds. The summed E-state index contributed by atoms with van der Waals surface area (Å²) in [6.45, 7) is 3.90. The largest absolute Gasteiger partial charge is 0.490 e. The van der Waals surface area contributed by atoms with Gasteiger partial charge in [0.05, 0.1) is 17.7 Å². The van der Waals surface area contributed by atoms with E-state index in [2.05, 4.69) is 17.5 Å². The van der Waals surface area contributed by atoms with Gasteiger partial charge in [-0.25, -0.2) is 5.43 Å². The lowest BCUT2D eigenvalue weighted by molar-refractivity contribution is -0.385. The average molecular weight is 345 g/mol. The van der Waals surface area contributed by atoms with Crippen molar-refractivity contribution in [1.29, 1.82) is 0 Å². The number of hydrogen-bond acceptors (Lipinski definition) is 5. The molecular weight excluding hydrogens is 322 g/mol. The Morgan fingerprint density at radius 2 is 2.20 bits per heavy atom.